The smallest absolute Gasteiger partial charge is 0.200 e. The molecule has 128 valence electrons. The van der Waals surface area contributed by atoms with Crippen molar-refractivity contribution in [2.75, 3.05) is 0 Å². The highest BCUT2D eigenvalue weighted by molar-refractivity contribution is 7.80. The lowest BCUT2D eigenvalue weighted by Gasteiger charge is -2.09. The topological polar surface area (TPSA) is 97.1 Å². The highest BCUT2D eigenvalue weighted by atomic mass is 35.5. The summed E-state index contributed by atoms with van der Waals surface area (Å²) in [4.78, 5) is 0. The molecule has 9 heteroatoms. The Balaban J connectivity index is 2.74. The highest BCUT2D eigenvalue weighted by Gasteiger charge is 2.09. The van der Waals surface area contributed by atoms with Crippen molar-refractivity contribution in [1.29, 1.82) is 0 Å². The van der Waals surface area contributed by atoms with E-state index in [-0.39, 0.29) is 10.7 Å². The number of thiocarbonyl (C=S) groups is 1. The summed E-state index contributed by atoms with van der Waals surface area (Å²) in [6.07, 6.45) is 4.36. The average molecular weight is 388 g/mol. The number of hydrogen-bond donors (Lipinski definition) is 5. The van der Waals surface area contributed by atoms with Gasteiger partial charge in [-0.25, -0.2) is 0 Å². The van der Waals surface area contributed by atoms with Crippen molar-refractivity contribution in [3.05, 3.63) is 52.2 Å². The van der Waals surface area contributed by atoms with Gasteiger partial charge >= 0.3 is 0 Å². The van der Waals surface area contributed by atoms with Crippen LogP contribution < -0.4 is 10.7 Å². The fraction of sp³-hybridized carbons (Fsp3) is 0.0667. The zero-order chi connectivity index (χ0) is 18.3. The fourth-order valence-electron chi connectivity index (χ4n) is 1.42. The molecule has 0 aliphatic carbocycles. The lowest BCUT2D eigenvalue weighted by atomic mass is 10.2. The Labute approximate surface area is 154 Å². The van der Waals surface area contributed by atoms with Crippen molar-refractivity contribution in [2.24, 2.45) is 5.10 Å². The highest BCUT2D eigenvalue weighted by Crippen LogP contribution is 2.36. The molecule has 1 aromatic carbocycles. The predicted octanol–water partition coefficient (Wildman–Crippen LogP) is 3.38. The molecular formula is C15H15Cl2N3O3S. The van der Waals surface area contributed by atoms with Gasteiger partial charge in [0.1, 0.15) is 0 Å². The maximum Gasteiger partial charge on any atom is 0.200 e. The summed E-state index contributed by atoms with van der Waals surface area (Å²) < 4.78 is 0. The second kappa shape index (κ2) is 9.17. The maximum atomic E-state index is 9.65. The van der Waals surface area contributed by atoms with Crippen molar-refractivity contribution >= 4 is 46.7 Å². The lowest BCUT2D eigenvalue weighted by molar-refractivity contribution is 0.367. The van der Waals surface area contributed by atoms with Crippen LogP contribution in [-0.4, -0.2) is 26.6 Å². The van der Waals surface area contributed by atoms with Gasteiger partial charge in [0.05, 0.1) is 11.9 Å². The molecule has 0 heterocycles. The number of hydrogen-bond acceptors (Lipinski definition) is 5. The van der Waals surface area contributed by atoms with E-state index in [1.165, 1.54) is 18.3 Å². The Morgan fingerprint density at radius 3 is 2.46 bits per heavy atom. The normalized spacial score (nSPS) is 12.3. The van der Waals surface area contributed by atoms with E-state index < -0.39 is 17.2 Å². The summed E-state index contributed by atoms with van der Waals surface area (Å²) in [5.74, 6) is -1.57. The SMILES string of the molecule is C=C(Cl)/C=C\C(NC(=S)N/N=C/c1ccc(O)c(O)c1O)=C(/C)Cl. The lowest BCUT2D eigenvalue weighted by Crippen LogP contribution is -2.31. The average Bonchev–Trinajstić information content (AvgIpc) is 2.51. The molecule has 0 amide bonds. The van der Waals surface area contributed by atoms with Gasteiger partial charge in [-0.2, -0.15) is 5.10 Å². The third-order valence-corrected chi connectivity index (χ3v) is 3.10. The molecule has 0 unspecified atom stereocenters. The van der Waals surface area contributed by atoms with Crippen LogP contribution in [0.15, 0.2) is 51.7 Å². The van der Waals surface area contributed by atoms with E-state index in [4.69, 9.17) is 35.4 Å². The largest absolute Gasteiger partial charge is 0.504 e. The number of nitrogens with zero attached hydrogens (tertiary/aromatic N) is 1. The van der Waals surface area contributed by atoms with Crippen LogP contribution in [-0.2, 0) is 0 Å². The molecule has 1 aromatic rings. The molecule has 24 heavy (non-hydrogen) atoms. The van der Waals surface area contributed by atoms with Crippen LogP contribution in [0.25, 0.3) is 0 Å². The molecule has 0 radical (unpaired) electrons. The monoisotopic (exact) mass is 387 g/mol. The molecule has 1 rings (SSSR count). The van der Waals surface area contributed by atoms with Gasteiger partial charge in [0, 0.05) is 15.6 Å². The minimum atomic E-state index is -0.630. The molecule has 0 saturated heterocycles. The van der Waals surface area contributed by atoms with Crippen LogP contribution in [0.4, 0.5) is 0 Å². The Morgan fingerprint density at radius 2 is 1.88 bits per heavy atom. The second-order valence-corrected chi connectivity index (χ2v) is 5.88. The Hall–Kier alpha value is -2.22. The molecule has 0 spiro atoms. The molecule has 0 saturated carbocycles. The van der Waals surface area contributed by atoms with Crippen molar-refractivity contribution in [1.82, 2.24) is 10.7 Å². The van der Waals surface area contributed by atoms with Gasteiger partial charge in [-0.05, 0) is 43.4 Å². The first-order valence-corrected chi connectivity index (χ1v) is 7.61. The van der Waals surface area contributed by atoms with Crippen molar-refractivity contribution in [3.8, 4) is 17.2 Å². The molecule has 0 atom stereocenters. The fourth-order valence-corrected chi connectivity index (χ4v) is 1.75. The van der Waals surface area contributed by atoms with Crippen LogP contribution >= 0.6 is 35.4 Å². The first-order valence-electron chi connectivity index (χ1n) is 6.45. The van der Waals surface area contributed by atoms with E-state index in [1.54, 1.807) is 19.1 Å². The third-order valence-electron chi connectivity index (χ3n) is 2.58. The molecule has 6 nitrogen and oxygen atoms in total. The van der Waals surface area contributed by atoms with Crippen molar-refractivity contribution in [2.45, 2.75) is 6.92 Å². The summed E-state index contributed by atoms with van der Waals surface area (Å²) in [7, 11) is 0. The molecule has 0 fully saturated rings. The number of rotatable bonds is 5. The van der Waals surface area contributed by atoms with Gasteiger partial charge in [-0.3, -0.25) is 5.43 Å². The molecule has 0 aliphatic heterocycles. The predicted molar refractivity (Wildman–Crippen MR) is 101 cm³/mol. The number of benzene rings is 1. The first-order chi connectivity index (χ1) is 11.2. The molecule has 0 aliphatic rings. The van der Waals surface area contributed by atoms with E-state index in [2.05, 4.69) is 22.4 Å². The second-order valence-electron chi connectivity index (χ2n) is 4.42. The number of halogens is 2. The first kappa shape index (κ1) is 19.8. The van der Waals surface area contributed by atoms with E-state index >= 15 is 0 Å². The van der Waals surface area contributed by atoms with Gasteiger partial charge in [0.25, 0.3) is 0 Å². The van der Waals surface area contributed by atoms with Crippen molar-refractivity contribution in [3.63, 3.8) is 0 Å². The van der Waals surface area contributed by atoms with Gasteiger partial charge in [0.15, 0.2) is 16.6 Å². The number of aromatic hydroxyl groups is 3. The quantitative estimate of drug-likeness (QED) is 0.175. The van der Waals surface area contributed by atoms with Crippen LogP contribution in [0, 0.1) is 0 Å². The summed E-state index contributed by atoms with van der Waals surface area (Å²) in [6.45, 7) is 5.18. The van der Waals surface area contributed by atoms with Gasteiger partial charge < -0.3 is 20.6 Å². The van der Waals surface area contributed by atoms with Crippen LogP contribution in [0.3, 0.4) is 0 Å². The van der Waals surface area contributed by atoms with Gasteiger partial charge in [0.2, 0.25) is 5.75 Å². The minimum absolute atomic E-state index is 0.133. The van der Waals surface area contributed by atoms with Gasteiger partial charge in [-0.1, -0.05) is 29.8 Å². The Morgan fingerprint density at radius 1 is 1.21 bits per heavy atom. The van der Waals surface area contributed by atoms with E-state index in [9.17, 15) is 15.3 Å². The van der Waals surface area contributed by atoms with E-state index in [1.807, 2.05) is 0 Å². The maximum absolute atomic E-state index is 9.65. The zero-order valence-corrected chi connectivity index (χ0v) is 14.9. The number of phenols is 3. The number of allylic oxidation sites excluding steroid dienone is 4. The number of phenolic OH excluding ortho intramolecular Hbond substituents is 3. The van der Waals surface area contributed by atoms with Crippen LogP contribution in [0.5, 0.6) is 17.2 Å². The van der Waals surface area contributed by atoms with Crippen molar-refractivity contribution < 1.29 is 15.3 Å². The van der Waals surface area contributed by atoms with Crippen LogP contribution in [0.2, 0.25) is 0 Å². The Bertz CT molecular complexity index is 742. The summed E-state index contributed by atoms with van der Waals surface area (Å²) >= 11 is 16.6. The van der Waals surface area contributed by atoms with E-state index in [0.717, 1.165) is 0 Å². The Kier molecular flexibility index (Phi) is 7.57. The molecule has 5 N–H and O–H groups in total. The third kappa shape index (κ3) is 6.11. The minimum Gasteiger partial charge on any atom is -0.504 e. The summed E-state index contributed by atoms with van der Waals surface area (Å²) in [5, 5.41) is 35.8. The molecular weight excluding hydrogens is 373 g/mol. The molecule has 0 bridgehead atoms. The zero-order valence-electron chi connectivity index (χ0n) is 12.5. The van der Waals surface area contributed by atoms with E-state index in [0.29, 0.717) is 15.8 Å². The summed E-state index contributed by atoms with van der Waals surface area (Å²) in [6, 6.07) is 2.59. The number of nitrogens with one attached hydrogen (secondary N) is 2. The summed E-state index contributed by atoms with van der Waals surface area (Å²) in [5.41, 5.74) is 3.20. The van der Waals surface area contributed by atoms with Crippen LogP contribution in [0.1, 0.15) is 12.5 Å². The number of hydrazone groups is 1. The molecule has 0 aromatic heterocycles. The standard InChI is InChI=1S/C15H15Cl2N3O3S/c1-8(16)3-5-11(9(2)17)19-15(24)20-18-7-10-4-6-12(21)14(23)13(10)22/h3-7,21-23H,1H2,2H3,(H2,19,20,24)/b5-3-,11-9-,18-7+. The van der Waals surface area contributed by atoms with Gasteiger partial charge in [-0.15, -0.1) is 0 Å².